The Morgan fingerprint density at radius 3 is 2.86 bits per heavy atom. The second kappa shape index (κ2) is 3.67. The minimum atomic E-state index is 0.438. The third-order valence-corrected chi connectivity index (χ3v) is 2.52. The quantitative estimate of drug-likeness (QED) is 0.551. The van der Waals surface area contributed by atoms with Gasteiger partial charge in [-0.3, -0.25) is 0 Å². The molecule has 1 aliphatic rings. The van der Waals surface area contributed by atoms with Crippen LogP contribution in [0.1, 0.15) is 12.0 Å². The summed E-state index contributed by atoms with van der Waals surface area (Å²) in [6, 6.07) is 3.28. The lowest BCUT2D eigenvalue weighted by Gasteiger charge is -2.19. The van der Waals surface area contributed by atoms with Crippen molar-refractivity contribution in [2.45, 2.75) is 6.42 Å². The van der Waals surface area contributed by atoms with Crippen molar-refractivity contribution in [1.29, 1.82) is 0 Å². The molecular weight excluding hydrogens is 225 g/mol. The number of oxime groups is 1. The highest BCUT2D eigenvalue weighted by Crippen LogP contribution is 2.35. The van der Waals surface area contributed by atoms with Gasteiger partial charge in [0.15, 0.2) is 0 Å². The van der Waals surface area contributed by atoms with E-state index in [1.807, 2.05) is 0 Å². The highest BCUT2D eigenvalue weighted by Gasteiger charge is 2.20. The minimum Gasteiger partial charge on any atom is -0.491 e. The average molecular weight is 232 g/mol. The Kier molecular flexibility index (Phi) is 2.52. The predicted octanol–water partition coefficient (Wildman–Crippen LogP) is 2.95. The van der Waals surface area contributed by atoms with E-state index >= 15 is 0 Å². The van der Waals surface area contributed by atoms with Gasteiger partial charge in [-0.1, -0.05) is 28.4 Å². The Morgan fingerprint density at radius 1 is 1.36 bits per heavy atom. The second-order valence-corrected chi connectivity index (χ2v) is 3.75. The molecule has 0 saturated carbocycles. The van der Waals surface area contributed by atoms with E-state index in [0.717, 1.165) is 0 Å². The van der Waals surface area contributed by atoms with Gasteiger partial charge in [0, 0.05) is 17.0 Å². The fraction of sp³-hybridized carbons (Fsp3) is 0.222. The summed E-state index contributed by atoms with van der Waals surface area (Å²) in [6.07, 6.45) is 0.556. The average Bonchev–Trinajstić information content (AvgIpc) is 2.17. The summed E-state index contributed by atoms with van der Waals surface area (Å²) in [6.45, 7) is 0.466. The largest absolute Gasteiger partial charge is 0.491 e. The molecule has 0 aliphatic carbocycles. The molecule has 14 heavy (non-hydrogen) atoms. The zero-order valence-electron chi connectivity index (χ0n) is 7.13. The third kappa shape index (κ3) is 1.53. The summed E-state index contributed by atoms with van der Waals surface area (Å²) in [4.78, 5) is 0. The molecule has 3 nitrogen and oxygen atoms in total. The van der Waals surface area contributed by atoms with Crippen LogP contribution in [0, 0.1) is 0 Å². The Hall–Kier alpha value is -0.930. The first-order chi connectivity index (χ1) is 6.72. The van der Waals surface area contributed by atoms with E-state index in [1.54, 1.807) is 12.1 Å². The normalized spacial score (nSPS) is 17.7. The molecule has 1 N–H and O–H groups in total. The van der Waals surface area contributed by atoms with Gasteiger partial charge in [0.25, 0.3) is 0 Å². The SMILES string of the molecule is O/N=C1\CCOc2c(Cl)cc(Cl)cc21. The van der Waals surface area contributed by atoms with E-state index in [9.17, 15) is 0 Å². The molecule has 0 spiro atoms. The number of rotatable bonds is 0. The molecule has 74 valence electrons. The molecule has 1 aliphatic heterocycles. The van der Waals surface area contributed by atoms with E-state index in [-0.39, 0.29) is 0 Å². The van der Waals surface area contributed by atoms with Crippen molar-refractivity contribution in [3.63, 3.8) is 0 Å². The van der Waals surface area contributed by atoms with Crippen molar-refractivity contribution in [1.82, 2.24) is 0 Å². The monoisotopic (exact) mass is 231 g/mol. The molecule has 1 heterocycles. The Bertz CT molecular complexity index is 404. The molecule has 0 fully saturated rings. The van der Waals surface area contributed by atoms with Crippen LogP contribution in [0.4, 0.5) is 0 Å². The molecule has 0 bridgehead atoms. The molecule has 0 amide bonds. The number of ether oxygens (including phenoxy) is 1. The van der Waals surface area contributed by atoms with Gasteiger partial charge < -0.3 is 9.94 Å². The number of hydrogen-bond acceptors (Lipinski definition) is 3. The fourth-order valence-electron chi connectivity index (χ4n) is 1.41. The maximum absolute atomic E-state index is 8.77. The van der Waals surface area contributed by atoms with Gasteiger partial charge in [0.05, 0.1) is 17.3 Å². The van der Waals surface area contributed by atoms with Crippen molar-refractivity contribution < 1.29 is 9.94 Å². The molecule has 2 rings (SSSR count). The van der Waals surface area contributed by atoms with Gasteiger partial charge in [-0.15, -0.1) is 0 Å². The Morgan fingerprint density at radius 2 is 2.14 bits per heavy atom. The van der Waals surface area contributed by atoms with Gasteiger partial charge in [0.1, 0.15) is 5.75 Å². The molecule has 1 aromatic rings. The zero-order valence-corrected chi connectivity index (χ0v) is 8.64. The number of nitrogens with zero attached hydrogens (tertiary/aromatic N) is 1. The maximum Gasteiger partial charge on any atom is 0.147 e. The lowest BCUT2D eigenvalue weighted by atomic mass is 10.0. The van der Waals surface area contributed by atoms with Gasteiger partial charge in [-0.2, -0.15) is 0 Å². The third-order valence-electron chi connectivity index (χ3n) is 2.03. The van der Waals surface area contributed by atoms with E-state index in [0.29, 0.717) is 40.1 Å². The molecule has 1 aromatic carbocycles. The van der Waals surface area contributed by atoms with Crippen LogP contribution in [0.25, 0.3) is 0 Å². The van der Waals surface area contributed by atoms with Crippen molar-refractivity contribution >= 4 is 28.9 Å². The van der Waals surface area contributed by atoms with Crippen LogP contribution in [-0.2, 0) is 0 Å². The van der Waals surface area contributed by atoms with Crippen molar-refractivity contribution in [2.75, 3.05) is 6.61 Å². The minimum absolute atomic E-state index is 0.438. The van der Waals surface area contributed by atoms with E-state index < -0.39 is 0 Å². The highest BCUT2D eigenvalue weighted by molar-refractivity contribution is 6.36. The molecule has 0 radical (unpaired) electrons. The summed E-state index contributed by atoms with van der Waals surface area (Å²) >= 11 is 11.8. The standard InChI is InChI=1S/C9H7Cl2NO2/c10-5-3-6-8(12-13)1-2-14-9(6)7(11)4-5/h3-4,13H,1-2H2/b12-8+. The number of fused-ring (bicyclic) bond motifs is 1. The van der Waals surface area contributed by atoms with E-state index in [1.165, 1.54) is 0 Å². The van der Waals surface area contributed by atoms with Gasteiger partial charge in [-0.05, 0) is 12.1 Å². The van der Waals surface area contributed by atoms with Crippen LogP contribution >= 0.6 is 23.2 Å². The predicted molar refractivity (Wildman–Crippen MR) is 54.9 cm³/mol. The van der Waals surface area contributed by atoms with Crippen LogP contribution in [0.5, 0.6) is 5.75 Å². The summed E-state index contributed by atoms with van der Waals surface area (Å²) < 4.78 is 5.36. The van der Waals surface area contributed by atoms with Crippen molar-refractivity contribution in [2.24, 2.45) is 5.16 Å². The van der Waals surface area contributed by atoms with Crippen LogP contribution < -0.4 is 4.74 Å². The topological polar surface area (TPSA) is 41.8 Å². The number of hydrogen-bond donors (Lipinski definition) is 1. The fourth-order valence-corrected chi connectivity index (χ4v) is 1.96. The van der Waals surface area contributed by atoms with Crippen LogP contribution in [0.15, 0.2) is 17.3 Å². The zero-order chi connectivity index (χ0) is 10.1. The van der Waals surface area contributed by atoms with Gasteiger partial charge >= 0.3 is 0 Å². The molecule has 0 unspecified atom stereocenters. The summed E-state index contributed by atoms with van der Waals surface area (Å²) in [5, 5.41) is 12.9. The molecule has 0 aromatic heterocycles. The van der Waals surface area contributed by atoms with Gasteiger partial charge in [-0.25, -0.2) is 0 Å². The molecule has 0 atom stereocenters. The van der Waals surface area contributed by atoms with Gasteiger partial charge in [0.2, 0.25) is 0 Å². The maximum atomic E-state index is 8.77. The first-order valence-electron chi connectivity index (χ1n) is 4.05. The van der Waals surface area contributed by atoms with E-state index in [2.05, 4.69) is 5.16 Å². The first-order valence-corrected chi connectivity index (χ1v) is 4.81. The van der Waals surface area contributed by atoms with Crippen LogP contribution in [-0.4, -0.2) is 17.5 Å². The van der Waals surface area contributed by atoms with Crippen LogP contribution in [0.2, 0.25) is 10.0 Å². The summed E-state index contributed by atoms with van der Waals surface area (Å²) in [5.41, 5.74) is 1.21. The molecular formula is C9H7Cl2NO2. The Labute approximate surface area is 90.9 Å². The lowest BCUT2D eigenvalue weighted by Crippen LogP contribution is -2.16. The second-order valence-electron chi connectivity index (χ2n) is 2.91. The first kappa shape index (κ1) is 9.62. The molecule has 0 saturated heterocycles. The molecule has 5 heteroatoms. The van der Waals surface area contributed by atoms with Crippen molar-refractivity contribution in [3.05, 3.63) is 27.7 Å². The van der Waals surface area contributed by atoms with E-state index in [4.69, 9.17) is 33.1 Å². The Balaban J connectivity index is 2.62. The lowest BCUT2D eigenvalue weighted by molar-refractivity contribution is 0.298. The van der Waals surface area contributed by atoms with Crippen molar-refractivity contribution in [3.8, 4) is 5.75 Å². The number of halogens is 2. The summed E-state index contributed by atoms with van der Waals surface area (Å²) in [7, 11) is 0. The highest BCUT2D eigenvalue weighted by atomic mass is 35.5. The number of benzene rings is 1. The van der Waals surface area contributed by atoms with Crippen LogP contribution in [0.3, 0.4) is 0 Å². The smallest absolute Gasteiger partial charge is 0.147 e. The summed E-state index contributed by atoms with van der Waals surface area (Å²) in [5.74, 6) is 0.537.